The molecule has 18 heavy (non-hydrogen) atoms. The third-order valence-electron chi connectivity index (χ3n) is 3.12. The van der Waals surface area contributed by atoms with Crippen molar-refractivity contribution in [2.24, 2.45) is 0 Å². The molecule has 0 spiro atoms. The second-order valence-corrected chi connectivity index (χ2v) is 4.58. The number of pyridine rings is 1. The maximum Gasteiger partial charge on any atom is 0.0361 e. The van der Waals surface area contributed by atoms with Crippen molar-refractivity contribution in [1.29, 1.82) is 0 Å². The zero-order chi connectivity index (χ0) is 12.8. The first kappa shape index (κ1) is 12.8. The predicted octanol–water partition coefficient (Wildman–Crippen LogP) is 3.28. The van der Waals surface area contributed by atoms with Gasteiger partial charge in [-0.1, -0.05) is 36.8 Å². The summed E-state index contributed by atoms with van der Waals surface area (Å²) in [5.41, 5.74) is 3.97. The van der Waals surface area contributed by atoms with E-state index >= 15 is 0 Å². The third-order valence-corrected chi connectivity index (χ3v) is 3.12. The van der Waals surface area contributed by atoms with Gasteiger partial charge in [-0.15, -0.1) is 0 Å². The van der Waals surface area contributed by atoms with Gasteiger partial charge in [0.15, 0.2) is 0 Å². The highest BCUT2D eigenvalue weighted by atomic mass is 14.9. The Hall–Kier alpha value is -1.67. The molecule has 94 valence electrons. The summed E-state index contributed by atoms with van der Waals surface area (Å²) in [7, 11) is 0. The van der Waals surface area contributed by atoms with Crippen LogP contribution in [-0.2, 0) is 6.42 Å². The molecule has 2 nitrogen and oxygen atoms in total. The quantitative estimate of drug-likeness (QED) is 0.867. The molecule has 0 aliphatic heterocycles. The van der Waals surface area contributed by atoms with Crippen LogP contribution in [0, 0.1) is 6.92 Å². The van der Waals surface area contributed by atoms with E-state index in [0.29, 0.717) is 6.04 Å². The minimum absolute atomic E-state index is 0.362. The first-order valence-corrected chi connectivity index (χ1v) is 6.48. The van der Waals surface area contributed by atoms with Crippen molar-refractivity contribution in [2.45, 2.75) is 26.3 Å². The van der Waals surface area contributed by atoms with Gasteiger partial charge in [0.1, 0.15) is 0 Å². The molecule has 2 rings (SSSR count). The van der Waals surface area contributed by atoms with Crippen LogP contribution < -0.4 is 5.32 Å². The van der Waals surface area contributed by atoms with Crippen molar-refractivity contribution < 1.29 is 0 Å². The molecule has 1 aromatic heterocycles. The third kappa shape index (κ3) is 3.41. The molecule has 0 bridgehead atoms. The van der Waals surface area contributed by atoms with E-state index in [1.165, 1.54) is 16.7 Å². The number of aromatic nitrogens is 1. The van der Waals surface area contributed by atoms with Crippen LogP contribution in [0.15, 0.2) is 48.8 Å². The fourth-order valence-electron chi connectivity index (χ4n) is 2.11. The van der Waals surface area contributed by atoms with Gasteiger partial charge in [-0.2, -0.15) is 0 Å². The van der Waals surface area contributed by atoms with Crippen molar-refractivity contribution in [1.82, 2.24) is 10.3 Å². The van der Waals surface area contributed by atoms with Crippen LogP contribution >= 0.6 is 0 Å². The van der Waals surface area contributed by atoms with Crippen LogP contribution in [0.1, 0.15) is 29.7 Å². The Morgan fingerprint density at radius 3 is 2.33 bits per heavy atom. The Balaban J connectivity index is 2.14. The maximum atomic E-state index is 4.08. The van der Waals surface area contributed by atoms with E-state index in [9.17, 15) is 0 Å². The number of likely N-dealkylation sites (N-methyl/N-ethyl adjacent to an activating group) is 1. The van der Waals surface area contributed by atoms with Crippen molar-refractivity contribution in [3.05, 3.63) is 65.5 Å². The van der Waals surface area contributed by atoms with Gasteiger partial charge in [0.2, 0.25) is 0 Å². The topological polar surface area (TPSA) is 24.9 Å². The summed E-state index contributed by atoms with van der Waals surface area (Å²) >= 11 is 0. The summed E-state index contributed by atoms with van der Waals surface area (Å²) in [5.74, 6) is 0. The summed E-state index contributed by atoms with van der Waals surface area (Å²) in [6.45, 7) is 5.23. The fraction of sp³-hybridized carbons (Fsp3) is 0.312. The van der Waals surface area contributed by atoms with E-state index in [4.69, 9.17) is 0 Å². The monoisotopic (exact) mass is 240 g/mol. The summed E-state index contributed by atoms with van der Waals surface area (Å²) < 4.78 is 0. The highest BCUT2D eigenvalue weighted by molar-refractivity contribution is 5.25. The number of nitrogens with one attached hydrogen (secondary N) is 1. The average Bonchev–Trinajstić information content (AvgIpc) is 2.42. The first-order chi connectivity index (χ1) is 8.79. The highest BCUT2D eigenvalue weighted by Gasteiger charge is 2.10. The molecule has 0 saturated heterocycles. The molecule has 0 saturated carbocycles. The van der Waals surface area contributed by atoms with E-state index in [2.05, 4.69) is 60.5 Å². The van der Waals surface area contributed by atoms with Gasteiger partial charge in [0.25, 0.3) is 0 Å². The second-order valence-electron chi connectivity index (χ2n) is 4.58. The number of rotatable bonds is 5. The lowest BCUT2D eigenvalue weighted by Gasteiger charge is -2.18. The van der Waals surface area contributed by atoms with Gasteiger partial charge in [0.05, 0.1) is 0 Å². The molecule has 1 N–H and O–H groups in total. The summed E-state index contributed by atoms with van der Waals surface area (Å²) in [5, 5.41) is 3.53. The first-order valence-electron chi connectivity index (χ1n) is 6.48. The number of hydrogen-bond acceptors (Lipinski definition) is 2. The second kappa shape index (κ2) is 6.31. The van der Waals surface area contributed by atoms with Crippen molar-refractivity contribution >= 4 is 0 Å². The van der Waals surface area contributed by atoms with Crippen molar-refractivity contribution in [3.63, 3.8) is 0 Å². The molecular weight excluding hydrogens is 220 g/mol. The van der Waals surface area contributed by atoms with Crippen LogP contribution in [0.2, 0.25) is 0 Å². The summed E-state index contributed by atoms with van der Waals surface area (Å²) in [6.07, 6.45) is 4.72. The molecule has 0 radical (unpaired) electrons. The van der Waals surface area contributed by atoms with Crippen LogP contribution in [-0.4, -0.2) is 11.5 Å². The minimum Gasteiger partial charge on any atom is -0.310 e. The zero-order valence-corrected chi connectivity index (χ0v) is 11.1. The van der Waals surface area contributed by atoms with Crippen molar-refractivity contribution in [2.75, 3.05) is 6.54 Å². The standard InChI is InChI=1S/C16H20N2/c1-3-18-16(15-8-10-17-11-9-15)12-14-6-4-13(2)5-7-14/h4-11,16,18H,3,12H2,1-2H3. The molecule has 2 aromatic rings. The molecule has 0 aliphatic carbocycles. The molecule has 1 aromatic carbocycles. The molecular formula is C16H20N2. The summed E-state index contributed by atoms with van der Waals surface area (Å²) in [6, 6.07) is 13.3. The molecule has 1 atom stereocenters. The smallest absolute Gasteiger partial charge is 0.0361 e. The van der Waals surface area contributed by atoms with Crippen LogP contribution in [0.4, 0.5) is 0 Å². The number of hydrogen-bond donors (Lipinski definition) is 1. The predicted molar refractivity (Wildman–Crippen MR) is 75.5 cm³/mol. The summed E-state index contributed by atoms with van der Waals surface area (Å²) in [4.78, 5) is 4.08. The van der Waals surface area contributed by atoms with Gasteiger partial charge < -0.3 is 5.32 Å². The SMILES string of the molecule is CCNC(Cc1ccc(C)cc1)c1ccncc1. The molecule has 1 unspecified atom stereocenters. The Kier molecular flexibility index (Phi) is 4.48. The lowest BCUT2D eigenvalue weighted by Crippen LogP contribution is -2.22. The molecule has 0 aliphatic rings. The normalized spacial score (nSPS) is 12.3. The van der Waals surface area contributed by atoms with Gasteiger partial charge >= 0.3 is 0 Å². The number of aryl methyl sites for hydroxylation is 1. The van der Waals surface area contributed by atoms with E-state index < -0.39 is 0 Å². The largest absolute Gasteiger partial charge is 0.310 e. The number of benzene rings is 1. The van der Waals surface area contributed by atoms with Gasteiger partial charge in [-0.05, 0) is 43.1 Å². The zero-order valence-electron chi connectivity index (χ0n) is 11.1. The molecule has 1 heterocycles. The van der Waals surface area contributed by atoms with E-state index in [1.54, 1.807) is 0 Å². The van der Waals surface area contributed by atoms with E-state index in [1.807, 2.05) is 12.4 Å². The Labute approximate surface area is 109 Å². The average molecular weight is 240 g/mol. The molecule has 2 heteroatoms. The maximum absolute atomic E-state index is 4.08. The van der Waals surface area contributed by atoms with Crippen LogP contribution in [0.3, 0.4) is 0 Å². The van der Waals surface area contributed by atoms with E-state index in [0.717, 1.165) is 13.0 Å². The lowest BCUT2D eigenvalue weighted by molar-refractivity contribution is 0.549. The fourth-order valence-corrected chi connectivity index (χ4v) is 2.11. The lowest BCUT2D eigenvalue weighted by atomic mass is 9.99. The van der Waals surface area contributed by atoms with Crippen LogP contribution in [0.5, 0.6) is 0 Å². The van der Waals surface area contributed by atoms with Crippen LogP contribution in [0.25, 0.3) is 0 Å². The highest BCUT2D eigenvalue weighted by Crippen LogP contribution is 2.18. The van der Waals surface area contributed by atoms with Crippen molar-refractivity contribution in [3.8, 4) is 0 Å². The van der Waals surface area contributed by atoms with Gasteiger partial charge in [0, 0.05) is 18.4 Å². The minimum atomic E-state index is 0.362. The van der Waals surface area contributed by atoms with Gasteiger partial charge in [-0.3, -0.25) is 4.98 Å². The number of nitrogens with zero attached hydrogens (tertiary/aromatic N) is 1. The molecule has 0 amide bonds. The Morgan fingerprint density at radius 1 is 1.06 bits per heavy atom. The Bertz CT molecular complexity index is 462. The molecule has 0 fully saturated rings. The van der Waals surface area contributed by atoms with E-state index in [-0.39, 0.29) is 0 Å². The van der Waals surface area contributed by atoms with Gasteiger partial charge in [-0.25, -0.2) is 0 Å². The Morgan fingerprint density at radius 2 is 1.72 bits per heavy atom.